The Balaban J connectivity index is 1.39. The molecule has 4 rings (SSSR count). The van der Waals surface area contributed by atoms with Crippen molar-refractivity contribution in [3.05, 3.63) is 77.9 Å². The molecule has 0 atom stereocenters. The summed E-state index contributed by atoms with van der Waals surface area (Å²) in [5.41, 5.74) is 5.20. The zero-order valence-corrected chi connectivity index (χ0v) is 19.0. The molecule has 3 aromatic carbocycles. The number of hydrogen-bond donors (Lipinski definition) is 0. The van der Waals surface area contributed by atoms with Crippen molar-refractivity contribution in [2.24, 2.45) is 0 Å². The maximum absolute atomic E-state index is 6.13. The van der Waals surface area contributed by atoms with Gasteiger partial charge in [-0.05, 0) is 42.7 Å². The van der Waals surface area contributed by atoms with E-state index in [-0.39, 0.29) is 0 Å². The third kappa shape index (κ3) is 5.13. The van der Waals surface area contributed by atoms with Gasteiger partial charge in [0.2, 0.25) is 0 Å². The van der Waals surface area contributed by atoms with Gasteiger partial charge >= 0.3 is 0 Å². The molecule has 0 radical (unpaired) electrons. The molecule has 0 aliphatic carbocycles. The summed E-state index contributed by atoms with van der Waals surface area (Å²) < 4.78 is 17.8. The van der Waals surface area contributed by atoms with Crippen LogP contribution < -0.4 is 9.47 Å². The van der Waals surface area contributed by atoms with Gasteiger partial charge in [0.1, 0.15) is 17.2 Å². The predicted molar refractivity (Wildman–Crippen MR) is 129 cm³/mol. The molecular weight excluding hydrogens is 398 g/mol. The summed E-state index contributed by atoms with van der Waals surface area (Å²) >= 11 is 0. The molecule has 4 nitrogen and oxygen atoms in total. The average Bonchev–Trinajstić information content (AvgIpc) is 3.26. The van der Waals surface area contributed by atoms with Crippen LogP contribution in [0.15, 0.2) is 71.3 Å². The lowest BCUT2D eigenvalue weighted by atomic mass is 10.0. The van der Waals surface area contributed by atoms with Crippen LogP contribution in [0.3, 0.4) is 0 Å². The molecule has 32 heavy (non-hydrogen) atoms. The number of ether oxygens (including phenoxy) is 2. The average molecular weight is 430 g/mol. The Bertz CT molecular complexity index is 1120. The Morgan fingerprint density at radius 1 is 0.781 bits per heavy atom. The second-order valence-electron chi connectivity index (χ2n) is 8.01. The van der Waals surface area contributed by atoms with Crippen molar-refractivity contribution in [3.63, 3.8) is 0 Å². The predicted octanol–water partition coefficient (Wildman–Crippen LogP) is 7.25. The summed E-state index contributed by atoms with van der Waals surface area (Å²) in [6.45, 7) is 5.57. The number of hydrogen-bond acceptors (Lipinski definition) is 4. The van der Waals surface area contributed by atoms with E-state index in [1.165, 1.54) is 5.56 Å². The monoisotopic (exact) mass is 429 g/mol. The second kappa shape index (κ2) is 10.9. The zero-order valence-electron chi connectivity index (χ0n) is 19.0. The molecule has 0 fully saturated rings. The highest BCUT2D eigenvalue weighted by Crippen LogP contribution is 2.35. The molecule has 0 aliphatic rings. The van der Waals surface area contributed by atoms with Crippen molar-refractivity contribution in [2.45, 2.75) is 46.0 Å². The Morgan fingerprint density at radius 2 is 1.53 bits per heavy atom. The van der Waals surface area contributed by atoms with Gasteiger partial charge in [-0.3, -0.25) is 0 Å². The summed E-state index contributed by atoms with van der Waals surface area (Å²) in [5.74, 6) is 1.78. The maximum atomic E-state index is 6.13. The molecule has 0 spiro atoms. The lowest BCUT2D eigenvalue weighted by Gasteiger charge is -2.12. The fourth-order valence-corrected chi connectivity index (χ4v) is 3.94. The van der Waals surface area contributed by atoms with E-state index < -0.39 is 0 Å². The minimum atomic E-state index is 0.593. The van der Waals surface area contributed by atoms with E-state index in [0.717, 1.165) is 71.4 Å². The molecular formula is C28H31NO3. The molecule has 0 saturated carbocycles. The fourth-order valence-electron chi connectivity index (χ4n) is 3.94. The van der Waals surface area contributed by atoms with Gasteiger partial charge in [0, 0.05) is 17.5 Å². The molecule has 0 amide bonds. The van der Waals surface area contributed by atoms with Gasteiger partial charge in [0.05, 0.1) is 18.6 Å². The molecule has 4 heteroatoms. The smallest absolute Gasteiger partial charge is 0.174 e. The lowest BCUT2D eigenvalue weighted by Crippen LogP contribution is -2.06. The normalized spacial score (nSPS) is 11.1. The van der Waals surface area contributed by atoms with E-state index >= 15 is 0 Å². The number of nitrogens with zero attached hydrogens (tertiary/aromatic N) is 1. The number of aromatic nitrogens is 1. The first kappa shape index (κ1) is 21.9. The van der Waals surface area contributed by atoms with Crippen LogP contribution in [0.2, 0.25) is 0 Å². The van der Waals surface area contributed by atoms with Gasteiger partial charge in [-0.1, -0.05) is 74.3 Å². The first-order valence-electron chi connectivity index (χ1n) is 11.6. The Kier molecular flexibility index (Phi) is 7.44. The Hall–Kier alpha value is -3.27. The van der Waals surface area contributed by atoms with Crippen LogP contribution in [0.1, 0.15) is 44.2 Å². The SMILES string of the molecule is CCCc1ccc(OCCCOc2ccc3c(-c4ccccc4)noc3c2CCC)cc1. The number of fused-ring (bicyclic) bond motifs is 1. The molecule has 166 valence electrons. The molecule has 0 saturated heterocycles. The second-order valence-corrected chi connectivity index (χ2v) is 8.01. The van der Waals surface area contributed by atoms with Crippen molar-refractivity contribution in [2.75, 3.05) is 13.2 Å². The van der Waals surface area contributed by atoms with Gasteiger partial charge < -0.3 is 14.0 Å². The quantitative estimate of drug-likeness (QED) is 0.236. The van der Waals surface area contributed by atoms with Crippen molar-refractivity contribution in [1.82, 2.24) is 5.16 Å². The topological polar surface area (TPSA) is 44.5 Å². The zero-order chi connectivity index (χ0) is 22.2. The van der Waals surface area contributed by atoms with Crippen LogP contribution in [0, 0.1) is 0 Å². The number of benzene rings is 3. The summed E-state index contributed by atoms with van der Waals surface area (Å²) in [7, 11) is 0. The minimum Gasteiger partial charge on any atom is -0.493 e. The molecule has 1 heterocycles. The van der Waals surface area contributed by atoms with E-state index in [2.05, 4.69) is 49.3 Å². The molecule has 1 aromatic heterocycles. The molecule has 4 aromatic rings. The van der Waals surface area contributed by atoms with Crippen LogP contribution in [0.25, 0.3) is 22.2 Å². The molecule has 0 unspecified atom stereocenters. The van der Waals surface area contributed by atoms with E-state index in [4.69, 9.17) is 14.0 Å². The number of aryl methyl sites for hydroxylation is 2. The number of rotatable bonds is 11. The van der Waals surface area contributed by atoms with Crippen LogP contribution >= 0.6 is 0 Å². The third-order valence-corrected chi connectivity index (χ3v) is 5.53. The maximum Gasteiger partial charge on any atom is 0.174 e. The van der Waals surface area contributed by atoms with Crippen LogP contribution in [-0.4, -0.2) is 18.4 Å². The van der Waals surface area contributed by atoms with E-state index in [0.29, 0.717) is 13.2 Å². The first-order chi connectivity index (χ1) is 15.8. The highest BCUT2D eigenvalue weighted by atomic mass is 16.5. The van der Waals surface area contributed by atoms with E-state index in [9.17, 15) is 0 Å². The van der Waals surface area contributed by atoms with Crippen LogP contribution in [0.5, 0.6) is 11.5 Å². The lowest BCUT2D eigenvalue weighted by molar-refractivity contribution is 0.246. The molecule has 0 aliphatic heterocycles. The highest BCUT2D eigenvalue weighted by Gasteiger charge is 2.17. The Morgan fingerprint density at radius 3 is 2.28 bits per heavy atom. The van der Waals surface area contributed by atoms with Gasteiger partial charge in [-0.2, -0.15) is 0 Å². The van der Waals surface area contributed by atoms with E-state index in [1.54, 1.807) is 0 Å². The Labute approximate surface area is 190 Å². The van der Waals surface area contributed by atoms with Crippen molar-refractivity contribution < 1.29 is 14.0 Å². The summed E-state index contributed by atoms with van der Waals surface area (Å²) in [5, 5.41) is 5.39. The highest BCUT2D eigenvalue weighted by molar-refractivity contribution is 5.94. The van der Waals surface area contributed by atoms with Crippen LogP contribution in [-0.2, 0) is 12.8 Å². The van der Waals surface area contributed by atoms with Crippen molar-refractivity contribution in [3.8, 4) is 22.8 Å². The van der Waals surface area contributed by atoms with Gasteiger partial charge in [0.15, 0.2) is 5.58 Å². The first-order valence-corrected chi connectivity index (χ1v) is 11.6. The van der Waals surface area contributed by atoms with Crippen molar-refractivity contribution in [1.29, 1.82) is 0 Å². The summed E-state index contributed by atoms with van der Waals surface area (Å²) in [4.78, 5) is 0. The summed E-state index contributed by atoms with van der Waals surface area (Å²) in [6, 6.07) is 22.6. The van der Waals surface area contributed by atoms with Gasteiger partial charge in [-0.15, -0.1) is 0 Å². The standard InChI is InChI=1S/C28H31NO3/c1-3-9-21-13-15-23(16-14-21)30-19-8-20-31-26-18-17-25-27(22-11-6-5-7-12-22)29-32-28(25)24(26)10-4-2/h5-7,11-18H,3-4,8-10,19-20H2,1-2H3. The van der Waals surface area contributed by atoms with Gasteiger partial charge in [-0.25, -0.2) is 0 Å². The van der Waals surface area contributed by atoms with Gasteiger partial charge in [0.25, 0.3) is 0 Å². The largest absolute Gasteiger partial charge is 0.493 e. The minimum absolute atomic E-state index is 0.593. The van der Waals surface area contributed by atoms with E-state index in [1.807, 2.05) is 36.4 Å². The molecule has 0 bridgehead atoms. The summed E-state index contributed by atoms with van der Waals surface area (Å²) in [6.07, 6.45) is 4.97. The van der Waals surface area contributed by atoms with Crippen molar-refractivity contribution >= 4 is 11.0 Å². The van der Waals surface area contributed by atoms with Crippen LogP contribution in [0.4, 0.5) is 0 Å². The molecule has 0 N–H and O–H groups in total. The third-order valence-electron chi connectivity index (χ3n) is 5.53. The fraction of sp³-hybridized carbons (Fsp3) is 0.321.